The number of anilines is 1. The Morgan fingerprint density at radius 3 is 2.18 bits per heavy atom. The minimum absolute atomic E-state index is 0.121. The summed E-state index contributed by atoms with van der Waals surface area (Å²) in [5.74, 6) is -0.500. The molecule has 2 rings (SSSR count). The second kappa shape index (κ2) is 13.4. The van der Waals surface area contributed by atoms with Crippen LogP contribution in [0.4, 0.5) is 10.5 Å². The van der Waals surface area contributed by atoms with Crippen molar-refractivity contribution in [2.24, 2.45) is 5.92 Å². The SMILES string of the molecule is CCC(C)N(C(=O)C(CC(C)C)NC(=O)OC(C)(C)C)C(C(=O)Nc1ccccc1C)c1cccc(C)c1. The van der Waals surface area contributed by atoms with Crippen LogP contribution in [-0.2, 0) is 14.3 Å². The zero-order chi connectivity index (χ0) is 28.6. The van der Waals surface area contributed by atoms with E-state index in [2.05, 4.69) is 10.6 Å². The van der Waals surface area contributed by atoms with Crippen LogP contribution < -0.4 is 10.6 Å². The molecule has 208 valence electrons. The molecule has 7 heteroatoms. The van der Waals surface area contributed by atoms with E-state index in [1.54, 1.807) is 25.7 Å². The van der Waals surface area contributed by atoms with Crippen molar-refractivity contribution in [3.8, 4) is 0 Å². The fourth-order valence-electron chi connectivity index (χ4n) is 4.31. The van der Waals surface area contributed by atoms with Crippen molar-refractivity contribution in [1.29, 1.82) is 0 Å². The standard InChI is InChI=1S/C31H45N3O4/c1-10-23(6)34(29(36)26(18-20(2)3)33-30(37)38-31(7,8)9)27(24-16-13-14-21(4)19-24)28(35)32-25-17-12-11-15-22(25)5/h11-17,19-20,23,26-27H,10,18H2,1-9H3,(H,32,35)(H,33,37). The number of alkyl carbamates (subject to hydrolysis) is 1. The van der Waals surface area contributed by atoms with E-state index in [-0.39, 0.29) is 23.8 Å². The lowest BCUT2D eigenvalue weighted by Crippen LogP contribution is -2.55. The van der Waals surface area contributed by atoms with E-state index < -0.39 is 23.8 Å². The van der Waals surface area contributed by atoms with Gasteiger partial charge in [-0.25, -0.2) is 4.79 Å². The Kier molecular flexibility index (Phi) is 10.9. The molecule has 0 heterocycles. The number of hydrogen-bond donors (Lipinski definition) is 2. The van der Waals surface area contributed by atoms with Gasteiger partial charge in [0.2, 0.25) is 5.91 Å². The maximum atomic E-state index is 14.3. The Morgan fingerprint density at radius 1 is 0.974 bits per heavy atom. The second-order valence-electron chi connectivity index (χ2n) is 11.5. The van der Waals surface area contributed by atoms with Gasteiger partial charge < -0.3 is 20.3 Å². The number of ether oxygens (including phenoxy) is 1. The predicted octanol–water partition coefficient (Wildman–Crippen LogP) is 6.55. The molecule has 3 amide bonds. The Bertz CT molecular complexity index is 1110. The molecular formula is C31H45N3O4. The molecule has 0 aromatic heterocycles. The molecule has 3 unspecified atom stereocenters. The molecule has 0 saturated carbocycles. The number of carbonyl (C=O) groups is 3. The van der Waals surface area contributed by atoms with Gasteiger partial charge in [-0.05, 0) is 77.5 Å². The van der Waals surface area contributed by atoms with Gasteiger partial charge in [0.25, 0.3) is 5.91 Å². The van der Waals surface area contributed by atoms with Gasteiger partial charge in [0.05, 0.1) is 0 Å². The average Bonchev–Trinajstić information content (AvgIpc) is 2.81. The van der Waals surface area contributed by atoms with Crippen LogP contribution in [0.3, 0.4) is 0 Å². The monoisotopic (exact) mass is 523 g/mol. The lowest BCUT2D eigenvalue weighted by atomic mass is 9.96. The Balaban J connectivity index is 2.57. The summed E-state index contributed by atoms with van der Waals surface area (Å²) in [6.45, 7) is 17.1. The van der Waals surface area contributed by atoms with Gasteiger partial charge in [-0.15, -0.1) is 0 Å². The number of rotatable bonds is 10. The third-order valence-electron chi connectivity index (χ3n) is 6.30. The van der Waals surface area contributed by atoms with E-state index in [1.165, 1.54) is 0 Å². The van der Waals surface area contributed by atoms with E-state index >= 15 is 0 Å². The first kappa shape index (κ1) is 30.9. The summed E-state index contributed by atoms with van der Waals surface area (Å²) in [4.78, 5) is 42.6. The molecule has 0 saturated heterocycles. The van der Waals surface area contributed by atoms with Crippen molar-refractivity contribution in [2.45, 2.75) is 98.9 Å². The van der Waals surface area contributed by atoms with Crippen LogP contribution in [0.1, 0.15) is 84.0 Å². The predicted molar refractivity (Wildman–Crippen MR) is 153 cm³/mol. The van der Waals surface area contributed by atoms with Crippen molar-refractivity contribution >= 4 is 23.6 Å². The molecular weight excluding hydrogens is 478 g/mol. The van der Waals surface area contributed by atoms with Crippen molar-refractivity contribution in [2.75, 3.05) is 5.32 Å². The van der Waals surface area contributed by atoms with Gasteiger partial charge in [-0.1, -0.05) is 68.8 Å². The van der Waals surface area contributed by atoms with Crippen LogP contribution >= 0.6 is 0 Å². The molecule has 7 nitrogen and oxygen atoms in total. The Labute approximate surface area is 228 Å². The average molecular weight is 524 g/mol. The minimum Gasteiger partial charge on any atom is -0.444 e. The summed E-state index contributed by atoms with van der Waals surface area (Å²) in [5, 5.41) is 5.84. The molecule has 0 spiro atoms. The van der Waals surface area contributed by atoms with E-state index in [0.717, 1.165) is 11.1 Å². The smallest absolute Gasteiger partial charge is 0.408 e. The van der Waals surface area contributed by atoms with Gasteiger partial charge in [0.15, 0.2) is 0 Å². The first-order valence-electron chi connectivity index (χ1n) is 13.5. The quantitative estimate of drug-likeness (QED) is 0.370. The lowest BCUT2D eigenvalue weighted by Gasteiger charge is -2.38. The number of hydrogen-bond acceptors (Lipinski definition) is 4. The summed E-state index contributed by atoms with van der Waals surface area (Å²) in [7, 11) is 0. The lowest BCUT2D eigenvalue weighted by molar-refractivity contribution is -0.143. The molecule has 3 atom stereocenters. The summed E-state index contributed by atoms with van der Waals surface area (Å²) >= 11 is 0. The van der Waals surface area contributed by atoms with Crippen molar-refractivity contribution < 1.29 is 19.1 Å². The van der Waals surface area contributed by atoms with Gasteiger partial charge in [0, 0.05) is 11.7 Å². The fraction of sp³-hybridized carbons (Fsp3) is 0.516. The van der Waals surface area contributed by atoms with Crippen molar-refractivity contribution in [1.82, 2.24) is 10.2 Å². The molecule has 0 aliphatic rings. The fourth-order valence-corrected chi connectivity index (χ4v) is 4.31. The van der Waals surface area contributed by atoms with Crippen LogP contribution in [0, 0.1) is 19.8 Å². The molecule has 0 fully saturated rings. The topological polar surface area (TPSA) is 87.7 Å². The molecule has 0 aliphatic carbocycles. The van der Waals surface area contributed by atoms with Gasteiger partial charge >= 0.3 is 6.09 Å². The highest BCUT2D eigenvalue weighted by molar-refractivity contribution is 5.99. The molecule has 2 N–H and O–H groups in total. The summed E-state index contributed by atoms with van der Waals surface area (Å²) in [5.41, 5.74) is 2.61. The highest BCUT2D eigenvalue weighted by Gasteiger charge is 2.39. The number of benzene rings is 2. The number of carbonyl (C=O) groups excluding carboxylic acids is 3. The van der Waals surface area contributed by atoms with Crippen LogP contribution in [0.5, 0.6) is 0 Å². The zero-order valence-electron chi connectivity index (χ0n) is 24.4. The maximum absolute atomic E-state index is 14.3. The van der Waals surface area contributed by atoms with E-state index in [0.29, 0.717) is 24.1 Å². The van der Waals surface area contributed by atoms with Crippen molar-refractivity contribution in [3.05, 3.63) is 65.2 Å². The molecule has 0 aliphatic heterocycles. The van der Waals surface area contributed by atoms with Crippen LogP contribution in [0.25, 0.3) is 0 Å². The van der Waals surface area contributed by atoms with Crippen LogP contribution in [-0.4, -0.2) is 40.5 Å². The van der Waals surface area contributed by atoms with Gasteiger partial charge in [0.1, 0.15) is 17.7 Å². The molecule has 38 heavy (non-hydrogen) atoms. The first-order chi connectivity index (χ1) is 17.7. The summed E-state index contributed by atoms with van der Waals surface area (Å²) < 4.78 is 5.47. The second-order valence-corrected chi connectivity index (χ2v) is 11.5. The van der Waals surface area contributed by atoms with Crippen LogP contribution in [0.15, 0.2) is 48.5 Å². The number of para-hydroxylation sites is 1. The summed E-state index contributed by atoms with van der Waals surface area (Å²) in [6, 6.07) is 13.2. The Morgan fingerprint density at radius 2 is 1.63 bits per heavy atom. The third kappa shape index (κ3) is 8.89. The normalized spacial score (nSPS) is 13.8. The molecule has 2 aromatic carbocycles. The zero-order valence-corrected chi connectivity index (χ0v) is 24.4. The summed E-state index contributed by atoms with van der Waals surface area (Å²) in [6.07, 6.45) is 0.384. The molecule has 2 aromatic rings. The number of amides is 3. The number of nitrogens with zero attached hydrogens (tertiary/aromatic N) is 1. The van der Waals surface area contributed by atoms with E-state index in [4.69, 9.17) is 4.74 Å². The van der Waals surface area contributed by atoms with Crippen molar-refractivity contribution in [3.63, 3.8) is 0 Å². The van der Waals surface area contributed by atoms with Gasteiger partial charge in [-0.2, -0.15) is 0 Å². The van der Waals surface area contributed by atoms with E-state index in [1.807, 2.05) is 90.1 Å². The van der Waals surface area contributed by atoms with E-state index in [9.17, 15) is 14.4 Å². The minimum atomic E-state index is -0.896. The highest BCUT2D eigenvalue weighted by atomic mass is 16.6. The highest BCUT2D eigenvalue weighted by Crippen LogP contribution is 2.29. The Hall–Kier alpha value is -3.35. The van der Waals surface area contributed by atoms with Gasteiger partial charge in [-0.3, -0.25) is 9.59 Å². The molecule has 0 bridgehead atoms. The number of nitrogens with one attached hydrogen (secondary N) is 2. The number of aryl methyl sites for hydroxylation is 2. The van der Waals surface area contributed by atoms with Crippen LogP contribution in [0.2, 0.25) is 0 Å². The third-order valence-corrected chi connectivity index (χ3v) is 6.30. The maximum Gasteiger partial charge on any atom is 0.408 e. The molecule has 0 radical (unpaired) electrons. The largest absolute Gasteiger partial charge is 0.444 e. The first-order valence-corrected chi connectivity index (χ1v) is 13.5.